The molecule has 1 heterocycles. The molecule has 3 rings (SSSR count). The van der Waals surface area contributed by atoms with Crippen LogP contribution in [-0.2, 0) is 12.8 Å². The summed E-state index contributed by atoms with van der Waals surface area (Å²) >= 11 is 0. The van der Waals surface area contributed by atoms with Crippen LogP contribution >= 0.6 is 0 Å². The van der Waals surface area contributed by atoms with Crippen LogP contribution in [0.15, 0.2) is 48.5 Å². The molecule has 0 aliphatic rings. The second-order valence-electron chi connectivity index (χ2n) is 6.21. The zero-order valence-electron chi connectivity index (χ0n) is 15.7. The summed E-state index contributed by atoms with van der Waals surface area (Å²) in [6.07, 6.45) is 1.58. The average Bonchev–Trinajstić information content (AvgIpc) is 3.06. The first-order valence-corrected chi connectivity index (χ1v) is 8.73. The summed E-state index contributed by atoms with van der Waals surface area (Å²) in [4.78, 5) is 12.8. The number of H-pyrrole nitrogens is 1. The number of ether oxygens (including phenoxy) is 2. The number of aromatic nitrogens is 2. The van der Waals surface area contributed by atoms with Crippen LogP contribution in [0.3, 0.4) is 0 Å². The fraction of sp³-hybridized carbons (Fsp3) is 0.238. The number of benzene rings is 2. The molecule has 2 N–H and O–H groups in total. The van der Waals surface area contributed by atoms with E-state index in [-0.39, 0.29) is 5.91 Å². The number of rotatable bonds is 7. The van der Waals surface area contributed by atoms with Gasteiger partial charge in [-0.1, -0.05) is 30.3 Å². The molecule has 0 aliphatic heterocycles. The molecule has 0 saturated heterocycles. The predicted octanol–water partition coefficient (Wildman–Crippen LogP) is 3.77. The van der Waals surface area contributed by atoms with Gasteiger partial charge in [-0.2, -0.15) is 5.10 Å². The molecule has 0 aliphatic carbocycles. The number of aromatic amines is 1. The Morgan fingerprint density at radius 2 is 1.70 bits per heavy atom. The number of amides is 1. The van der Waals surface area contributed by atoms with E-state index < -0.39 is 0 Å². The Morgan fingerprint density at radius 1 is 1.04 bits per heavy atom. The van der Waals surface area contributed by atoms with Crippen molar-refractivity contribution in [3.63, 3.8) is 0 Å². The third kappa shape index (κ3) is 4.47. The molecule has 0 radical (unpaired) electrons. The molecule has 0 unspecified atom stereocenters. The number of nitrogens with zero attached hydrogens (tertiary/aromatic N) is 1. The number of nitrogens with one attached hydrogen (secondary N) is 2. The number of methoxy groups -OCH3 is 2. The van der Waals surface area contributed by atoms with E-state index in [2.05, 4.69) is 27.6 Å². The molecule has 27 heavy (non-hydrogen) atoms. The molecule has 2 aromatic carbocycles. The molecule has 6 nitrogen and oxygen atoms in total. The Labute approximate surface area is 158 Å². The van der Waals surface area contributed by atoms with Gasteiger partial charge in [-0.05, 0) is 37.5 Å². The molecule has 0 atom stereocenters. The Morgan fingerprint density at radius 3 is 2.33 bits per heavy atom. The third-order valence-electron chi connectivity index (χ3n) is 4.37. The van der Waals surface area contributed by atoms with E-state index in [0.29, 0.717) is 17.1 Å². The van der Waals surface area contributed by atoms with Crippen LogP contribution in [0, 0.1) is 6.92 Å². The van der Waals surface area contributed by atoms with Gasteiger partial charge in [0.2, 0.25) is 0 Å². The number of anilines is 1. The van der Waals surface area contributed by atoms with E-state index in [4.69, 9.17) is 9.47 Å². The monoisotopic (exact) mass is 365 g/mol. The summed E-state index contributed by atoms with van der Waals surface area (Å²) in [6.45, 7) is 1.89. The molecule has 0 saturated carbocycles. The Kier molecular flexibility index (Phi) is 5.76. The third-order valence-corrected chi connectivity index (χ3v) is 4.37. The molecule has 0 bridgehead atoms. The summed E-state index contributed by atoms with van der Waals surface area (Å²) in [5.74, 6) is 0.887. The maximum Gasteiger partial charge on any atom is 0.256 e. The van der Waals surface area contributed by atoms with E-state index in [1.165, 1.54) is 5.56 Å². The van der Waals surface area contributed by atoms with Crippen molar-refractivity contribution in [2.45, 2.75) is 19.8 Å². The fourth-order valence-corrected chi connectivity index (χ4v) is 2.86. The van der Waals surface area contributed by atoms with Gasteiger partial charge in [0.05, 0.1) is 31.3 Å². The van der Waals surface area contributed by atoms with Crippen molar-refractivity contribution in [2.75, 3.05) is 19.5 Å². The lowest BCUT2D eigenvalue weighted by Crippen LogP contribution is -2.14. The highest BCUT2D eigenvalue weighted by molar-refractivity contribution is 6.05. The zero-order valence-corrected chi connectivity index (χ0v) is 15.7. The summed E-state index contributed by atoms with van der Waals surface area (Å²) in [5.41, 5.74) is 4.06. The van der Waals surface area contributed by atoms with E-state index in [0.717, 1.165) is 29.9 Å². The maximum atomic E-state index is 12.8. The highest BCUT2D eigenvalue weighted by Crippen LogP contribution is 2.25. The second kappa shape index (κ2) is 8.40. The number of carbonyl (C=O) groups is 1. The van der Waals surface area contributed by atoms with Gasteiger partial charge in [0, 0.05) is 11.6 Å². The van der Waals surface area contributed by atoms with Gasteiger partial charge in [0.1, 0.15) is 11.5 Å². The molecule has 1 aromatic heterocycles. The minimum Gasteiger partial charge on any atom is -0.497 e. The van der Waals surface area contributed by atoms with E-state index in [9.17, 15) is 4.79 Å². The van der Waals surface area contributed by atoms with Gasteiger partial charge in [-0.15, -0.1) is 0 Å². The second-order valence-corrected chi connectivity index (χ2v) is 6.21. The van der Waals surface area contributed by atoms with Gasteiger partial charge in [-0.25, -0.2) is 0 Å². The Hall–Kier alpha value is -3.28. The minimum absolute atomic E-state index is 0.238. The zero-order chi connectivity index (χ0) is 19.2. The van der Waals surface area contributed by atoms with E-state index in [1.54, 1.807) is 32.4 Å². The van der Waals surface area contributed by atoms with Gasteiger partial charge < -0.3 is 14.8 Å². The van der Waals surface area contributed by atoms with E-state index in [1.807, 2.05) is 25.1 Å². The quantitative estimate of drug-likeness (QED) is 0.668. The normalized spacial score (nSPS) is 10.5. The van der Waals surface area contributed by atoms with Crippen molar-refractivity contribution in [1.29, 1.82) is 0 Å². The van der Waals surface area contributed by atoms with Crippen molar-refractivity contribution in [3.8, 4) is 11.5 Å². The molecule has 140 valence electrons. The van der Waals surface area contributed by atoms with Crippen LogP contribution in [0.1, 0.15) is 27.3 Å². The topological polar surface area (TPSA) is 76.2 Å². The Balaban J connectivity index is 1.77. The molecule has 1 amide bonds. The van der Waals surface area contributed by atoms with Crippen LogP contribution < -0.4 is 14.8 Å². The standard InChI is InChI=1S/C21H23N3O3/c1-14-20(19(24-23-14)10-9-15-7-5-4-6-8-15)22-21(25)16-11-17(26-2)13-18(12-16)27-3/h4-8,11-13H,9-10H2,1-3H3,(H,22,25)(H,23,24). The highest BCUT2D eigenvalue weighted by Gasteiger charge is 2.16. The molecule has 0 fully saturated rings. The van der Waals surface area contributed by atoms with Crippen molar-refractivity contribution in [2.24, 2.45) is 0 Å². The first kappa shape index (κ1) is 18.5. The number of aryl methyl sites for hydroxylation is 3. The van der Waals surface area contributed by atoms with Crippen LogP contribution in [0.2, 0.25) is 0 Å². The molecule has 6 heteroatoms. The van der Waals surface area contributed by atoms with Gasteiger partial charge in [-0.3, -0.25) is 9.89 Å². The SMILES string of the molecule is COc1cc(OC)cc(C(=O)Nc2c(CCc3ccccc3)n[nH]c2C)c1. The minimum atomic E-state index is -0.238. The van der Waals surface area contributed by atoms with Crippen LogP contribution in [0.4, 0.5) is 5.69 Å². The molecular formula is C21H23N3O3. The van der Waals surface area contributed by atoms with Gasteiger partial charge in [0.25, 0.3) is 5.91 Å². The van der Waals surface area contributed by atoms with Crippen LogP contribution in [0.25, 0.3) is 0 Å². The Bertz CT molecular complexity index is 897. The predicted molar refractivity (Wildman–Crippen MR) is 105 cm³/mol. The van der Waals surface area contributed by atoms with Gasteiger partial charge in [0.15, 0.2) is 0 Å². The first-order chi connectivity index (χ1) is 13.1. The number of carbonyl (C=O) groups excluding carboxylic acids is 1. The smallest absolute Gasteiger partial charge is 0.256 e. The summed E-state index contributed by atoms with van der Waals surface area (Å²) in [7, 11) is 3.11. The lowest BCUT2D eigenvalue weighted by molar-refractivity contribution is 0.102. The van der Waals surface area contributed by atoms with Crippen LogP contribution in [0.5, 0.6) is 11.5 Å². The molecule has 3 aromatic rings. The molecule has 0 spiro atoms. The average molecular weight is 365 g/mol. The lowest BCUT2D eigenvalue weighted by Gasteiger charge is -2.10. The summed E-state index contributed by atoms with van der Waals surface area (Å²) in [6, 6.07) is 15.3. The van der Waals surface area contributed by atoms with Crippen molar-refractivity contribution >= 4 is 11.6 Å². The first-order valence-electron chi connectivity index (χ1n) is 8.73. The van der Waals surface area contributed by atoms with Crippen molar-refractivity contribution in [1.82, 2.24) is 10.2 Å². The summed E-state index contributed by atoms with van der Waals surface area (Å²) in [5, 5.41) is 10.3. The fourth-order valence-electron chi connectivity index (χ4n) is 2.86. The number of hydrogen-bond donors (Lipinski definition) is 2. The molecular weight excluding hydrogens is 342 g/mol. The van der Waals surface area contributed by atoms with Gasteiger partial charge >= 0.3 is 0 Å². The van der Waals surface area contributed by atoms with E-state index >= 15 is 0 Å². The highest BCUT2D eigenvalue weighted by atomic mass is 16.5. The van der Waals surface area contributed by atoms with Crippen molar-refractivity contribution in [3.05, 3.63) is 71.0 Å². The summed E-state index contributed by atoms with van der Waals surface area (Å²) < 4.78 is 10.5. The maximum absolute atomic E-state index is 12.8. The lowest BCUT2D eigenvalue weighted by atomic mass is 10.1. The van der Waals surface area contributed by atoms with Crippen LogP contribution in [-0.4, -0.2) is 30.3 Å². The van der Waals surface area contributed by atoms with Crippen molar-refractivity contribution < 1.29 is 14.3 Å². The largest absolute Gasteiger partial charge is 0.497 e. The number of hydrogen-bond acceptors (Lipinski definition) is 4.